The summed E-state index contributed by atoms with van der Waals surface area (Å²) >= 11 is 0. The van der Waals surface area contributed by atoms with Crippen LogP contribution >= 0.6 is 0 Å². The second kappa shape index (κ2) is 7.26. The standard InChI is InChI=1S/C15H23N3O/c16-10-14-8-4-5-9-18(14)12-15(19)17-11-13-6-2-1-3-7-13/h1-3,6-7,14H,4-5,8-12,16H2,(H,17,19). The van der Waals surface area contributed by atoms with Gasteiger partial charge < -0.3 is 11.1 Å². The second-order valence-corrected chi connectivity index (χ2v) is 5.12. The zero-order chi connectivity index (χ0) is 13.5. The molecule has 1 saturated heterocycles. The van der Waals surface area contributed by atoms with Crippen LogP contribution in [0, 0.1) is 0 Å². The molecule has 0 aromatic heterocycles. The summed E-state index contributed by atoms with van der Waals surface area (Å²) in [6.07, 6.45) is 3.51. The number of carbonyl (C=O) groups is 1. The number of carbonyl (C=O) groups excluding carboxylic acids is 1. The summed E-state index contributed by atoms with van der Waals surface area (Å²) < 4.78 is 0. The third-order valence-corrected chi connectivity index (χ3v) is 3.70. The summed E-state index contributed by atoms with van der Waals surface area (Å²) in [4.78, 5) is 14.2. The van der Waals surface area contributed by atoms with Crippen molar-refractivity contribution in [2.45, 2.75) is 31.8 Å². The van der Waals surface area contributed by atoms with E-state index in [2.05, 4.69) is 10.2 Å². The molecular formula is C15H23N3O. The van der Waals surface area contributed by atoms with Gasteiger partial charge in [-0.2, -0.15) is 0 Å². The van der Waals surface area contributed by atoms with Gasteiger partial charge in [-0.05, 0) is 24.9 Å². The van der Waals surface area contributed by atoms with Gasteiger partial charge in [0.05, 0.1) is 6.54 Å². The summed E-state index contributed by atoms with van der Waals surface area (Å²) in [7, 11) is 0. The van der Waals surface area contributed by atoms with Crippen LogP contribution in [0.1, 0.15) is 24.8 Å². The fraction of sp³-hybridized carbons (Fsp3) is 0.533. The highest BCUT2D eigenvalue weighted by Crippen LogP contribution is 2.15. The molecule has 19 heavy (non-hydrogen) atoms. The molecule has 0 bridgehead atoms. The Morgan fingerprint density at radius 3 is 2.84 bits per heavy atom. The maximum Gasteiger partial charge on any atom is 0.234 e. The molecular weight excluding hydrogens is 238 g/mol. The molecule has 1 atom stereocenters. The van der Waals surface area contributed by atoms with E-state index in [0.717, 1.165) is 18.5 Å². The molecule has 1 amide bonds. The highest BCUT2D eigenvalue weighted by atomic mass is 16.2. The number of nitrogens with one attached hydrogen (secondary N) is 1. The minimum Gasteiger partial charge on any atom is -0.351 e. The first kappa shape index (κ1) is 14.0. The van der Waals surface area contributed by atoms with Crippen molar-refractivity contribution in [3.8, 4) is 0 Å². The number of amides is 1. The van der Waals surface area contributed by atoms with Crippen LogP contribution in [-0.4, -0.2) is 36.5 Å². The third-order valence-electron chi connectivity index (χ3n) is 3.70. The van der Waals surface area contributed by atoms with Crippen molar-refractivity contribution in [3.63, 3.8) is 0 Å². The van der Waals surface area contributed by atoms with Gasteiger partial charge >= 0.3 is 0 Å². The van der Waals surface area contributed by atoms with Crippen LogP contribution in [0.15, 0.2) is 30.3 Å². The first-order valence-electron chi connectivity index (χ1n) is 7.04. The Bertz CT molecular complexity index is 394. The van der Waals surface area contributed by atoms with Gasteiger partial charge in [0, 0.05) is 19.1 Å². The van der Waals surface area contributed by atoms with E-state index < -0.39 is 0 Å². The molecule has 4 heteroatoms. The van der Waals surface area contributed by atoms with Crippen molar-refractivity contribution in [3.05, 3.63) is 35.9 Å². The van der Waals surface area contributed by atoms with Gasteiger partial charge in [-0.3, -0.25) is 9.69 Å². The van der Waals surface area contributed by atoms with Crippen LogP contribution < -0.4 is 11.1 Å². The molecule has 1 unspecified atom stereocenters. The van der Waals surface area contributed by atoms with Crippen LogP contribution in [0.5, 0.6) is 0 Å². The zero-order valence-corrected chi connectivity index (χ0v) is 11.3. The molecule has 0 spiro atoms. The number of hydrogen-bond donors (Lipinski definition) is 2. The molecule has 3 N–H and O–H groups in total. The number of nitrogens with two attached hydrogens (primary N) is 1. The Hall–Kier alpha value is -1.39. The monoisotopic (exact) mass is 261 g/mol. The van der Waals surface area contributed by atoms with E-state index in [0.29, 0.717) is 25.7 Å². The van der Waals surface area contributed by atoms with Gasteiger partial charge in [0.2, 0.25) is 5.91 Å². The van der Waals surface area contributed by atoms with Crippen molar-refractivity contribution < 1.29 is 4.79 Å². The van der Waals surface area contributed by atoms with E-state index in [4.69, 9.17) is 5.73 Å². The first-order valence-corrected chi connectivity index (χ1v) is 7.04. The summed E-state index contributed by atoms with van der Waals surface area (Å²) in [5.74, 6) is 0.0872. The van der Waals surface area contributed by atoms with Gasteiger partial charge in [-0.1, -0.05) is 36.8 Å². The second-order valence-electron chi connectivity index (χ2n) is 5.12. The quantitative estimate of drug-likeness (QED) is 0.835. The lowest BCUT2D eigenvalue weighted by atomic mass is 10.0. The maximum absolute atomic E-state index is 12.0. The Kier molecular flexibility index (Phi) is 5.36. The van der Waals surface area contributed by atoms with E-state index >= 15 is 0 Å². The fourth-order valence-corrected chi connectivity index (χ4v) is 2.57. The van der Waals surface area contributed by atoms with E-state index in [1.807, 2.05) is 30.3 Å². The van der Waals surface area contributed by atoms with E-state index in [9.17, 15) is 4.79 Å². The minimum atomic E-state index is 0.0872. The Morgan fingerprint density at radius 2 is 2.11 bits per heavy atom. The van der Waals surface area contributed by atoms with Crippen LogP contribution in [0.4, 0.5) is 0 Å². The smallest absolute Gasteiger partial charge is 0.234 e. The van der Waals surface area contributed by atoms with Gasteiger partial charge in [0.1, 0.15) is 0 Å². The van der Waals surface area contributed by atoms with Crippen LogP contribution in [0.3, 0.4) is 0 Å². The van der Waals surface area contributed by atoms with Crippen molar-refractivity contribution in [1.29, 1.82) is 0 Å². The molecule has 4 nitrogen and oxygen atoms in total. The summed E-state index contributed by atoms with van der Waals surface area (Å²) in [5, 5.41) is 2.97. The predicted molar refractivity (Wildman–Crippen MR) is 76.6 cm³/mol. The average molecular weight is 261 g/mol. The van der Waals surface area contributed by atoms with Gasteiger partial charge in [0.25, 0.3) is 0 Å². The number of benzene rings is 1. The SMILES string of the molecule is NCC1CCCCN1CC(=O)NCc1ccccc1. The molecule has 1 aliphatic rings. The van der Waals surface area contributed by atoms with E-state index in [1.165, 1.54) is 12.8 Å². The van der Waals surface area contributed by atoms with Crippen LogP contribution in [-0.2, 0) is 11.3 Å². The molecule has 1 fully saturated rings. The molecule has 1 aromatic carbocycles. The molecule has 1 aromatic rings. The molecule has 104 valence electrons. The molecule has 1 aliphatic heterocycles. The normalized spacial score (nSPS) is 20.2. The summed E-state index contributed by atoms with van der Waals surface area (Å²) in [6, 6.07) is 10.3. The Morgan fingerprint density at radius 1 is 1.32 bits per heavy atom. The zero-order valence-electron chi connectivity index (χ0n) is 11.3. The number of nitrogens with zero attached hydrogens (tertiary/aromatic N) is 1. The molecule has 2 rings (SSSR count). The minimum absolute atomic E-state index is 0.0872. The first-order chi connectivity index (χ1) is 9.29. The van der Waals surface area contributed by atoms with Crippen molar-refractivity contribution in [2.24, 2.45) is 5.73 Å². The number of rotatable bonds is 5. The lowest BCUT2D eigenvalue weighted by molar-refractivity contribution is -0.123. The van der Waals surface area contributed by atoms with Crippen LogP contribution in [0.25, 0.3) is 0 Å². The van der Waals surface area contributed by atoms with Crippen molar-refractivity contribution in [1.82, 2.24) is 10.2 Å². The highest BCUT2D eigenvalue weighted by Gasteiger charge is 2.22. The lowest BCUT2D eigenvalue weighted by Gasteiger charge is -2.34. The largest absolute Gasteiger partial charge is 0.351 e. The lowest BCUT2D eigenvalue weighted by Crippen LogP contribution is -2.48. The van der Waals surface area contributed by atoms with Gasteiger partial charge in [0.15, 0.2) is 0 Å². The Balaban J connectivity index is 1.77. The van der Waals surface area contributed by atoms with Gasteiger partial charge in [-0.15, -0.1) is 0 Å². The predicted octanol–water partition coefficient (Wildman–Crippen LogP) is 1.12. The maximum atomic E-state index is 12.0. The molecule has 0 radical (unpaired) electrons. The number of likely N-dealkylation sites (tertiary alicyclic amines) is 1. The number of hydrogen-bond acceptors (Lipinski definition) is 3. The van der Waals surface area contributed by atoms with Gasteiger partial charge in [-0.25, -0.2) is 0 Å². The van der Waals surface area contributed by atoms with Crippen molar-refractivity contribution in [2.75, 3.05) is 19.6 Å². The topological polar surface area (TPSA) is 58.4 Å². The summed E-state index contributed by atoms with van der Waals surface area (Å²) in [6.45, 7) is 2.70. The average Bonchev–Trinajstić information content (AvgIpc) is 2.47. The van der Waals surface area contributed by atoms with Crippen LogP contribution in [0.2, 0.25) is 0 Å². The molecule has 1 heterocycles. The van der Waals surface area contributed by atoms with Crippen molar-refractivity contribution >= 4 is 5.91 Å². The molecule has 0 saturated carbocycles. The summed E-state index contributed by atoms with van der Waals surface area (Å²) in [5.41, 5.74) is 6.89. The van der Waals surface area contributed by atoms with E-state index in [-0.39, 0.29) is 5.91 Å². The highest BCUT2D eigenvalue weighted by molar-refractivity contribution is 5.78. The van der Waals surface area contributed by atoms with E-state index in [1.54, 1.807) is 0 Å². The number of piperidine rings is 1. The third kappa shape index (κ3) is 4.33. The fourth-order valence-electron chi connectivity index (χ4n) is 2.57. The molecule has 0 aliphatic carbocycles. The Labute approximate surface area is 115 Å².